The summed E-state index contributed by atoms with van der Waals surface area (Å²) < 4.78 is 0. The molecule has 0 radical (unpaired) electrons. The predicted octanol–water partition coefficient (Wildman–Crippen LogP) is 2.44. The minimum atomic E-state index is 0. The highest BCUT2D eigenvalue weighted by molar-refractivity contribution is 5.85. The van der Waals surface area contributed by atoms with E-state index in [1.54, 1.807) is 0 Å². The molecule has 0 saturated heterocycles. The van der Waals surface area contributed by atoms with E-state index in [-0.39, 0.29) is 30.3 Å². The fourth-order valence-corrected chi connectivity index (χ4v) is 3.89. The minimum absolute atomic E-state index is 0. The fourth-order valence-electron chi connectivity index (χ4n) is 3.89. The summed E-state index contributed by atoms with van der Waals surface area (Å²) in [5, 5.41) is 0. The normalized spacial score (nSPS) is 30.9. The van der Waals surface area contributed by atoms with E-state index in [9.17, 15) is 4.79 Å². The van der Waals surface area contributed by atoms with Crippen LogP contribution >= 0.6 is 12.4 Å². The molecular weight excluding hydrogens is 272 g/mol. The van der Waals surface area contributed by atoms with Crippen molar-refractivity contribution in [3.8, 4) is 0 Å². The molecule has 4 unspecified atom stereocenters. The van der Waals surface area contributed by atoms with Crippen LogP contribution < -0.4 is 5.73 Å². The Morgan fingerprint density at radius 1 is 1.25 bits per heavy atom. The Balaban J connectivity index is 0.00000147. The molecule has 2 aliphatic carbocycles. The first kappa shape index (κ1) is 15.3. The van der Waals surface area contributed by atoms with Crippen molar-refractivity contribution in [3.05, 3.63) is 35.9 Å². The summed E-state index contributed by atoms with van der Waals surface area (Å²) >= 11 is 0. The third-order valence-electron chi connectivity index (χ3n) is 4.90. The van der Waals surface area contributed by atoms with Gasteiger partial charge in [-0.3, -0.25) is 4.79 Å². The molecule has 2 fully saturated rings. The van der Waals surface area contributed by atoms with Crippen molar-refractivity contribution in [2.75, 3.05) is 7.05 Å². The molecule has 2 N–H and O–H groups in total. The number of carbonyl (C=O) groups is 1. The standard InChI is InChI=1S/C16H22N2O.ClH/c1-18(10-11-5-3-2-4-6-11)16(19)14-12-7-8-13(9-12)15(14)17;/h2-6,12-15H,7-10,17H2,1H3;1H. The maximum atomic E-state index is 12.6. The summed E-state index contributed by atoms with van der Waals surface area (Å²) in [7, 11) is 1.90. The van der Waals surface area contributed by atoms with Crippen molar-refractivity contribution in [1.29, 1.82) is 0 Å². The van der Waals surface area contributed by atoms with Crippen molar-refractivity contribution >= 4 is 18.3 Å². The van der Waals surface area contributed by atoms with Crippen molar-refractivity contribution in [2.24, 2.45) is 23.5 Å². The first-order valence-electron chi connectivity index (χ1n) is 7.21. The molecule has 0 heterocycles. The van der Waals surface area contributed by atoms with Crippen LogP contribution in [0.25, 0.3) is 0 Å². The van der Waals surface area contributed by atoms with Gasteiger partial charge in [-0.25, -0.2) is 0 Å². The second-order valence-electron chi connectivity index (χ2n) is 6.12. The highest BCUT2D eigenvalue weighted by atomic mass is 35.5. The highest BCUT2D eigenvalue weighted by Gasteiger charge is 2.49. The zero-order valence-electron chi connectivity index (χ0n) is 11.9. The van der Waals surface area contributed by atoms with Crippen LogP contribution in [0.5, 0.6) is 0 Å². The van der Waals surface area contributed by atoms with Gasteiger partial charge in [0.15, 0.2) is 0 Å². The molecule has 3 rings (SSSR count). The quantitative estimate of drug-likeness (QED) is 0.931. The first-order valence-corrected chi connectivity index (χ1v) is 7.21. The van der Waals surface area contributed by atoms with E-state index in [1.165, 1.54) is 18.4 Å². The molecule has 4 atom stereocenters. The van der Waals surface area contributed by atoms with E-state index >= 15 is 0 Å². The maximum Gasteiger partial charge on any atom is 0.227 e. The smallest absolute Gasteiger partial charge is 0.227 e. The lowest BCUT2D eigenvalue weighted by Gasteiger charge is -2.30. The second kappa shape index (κ2) is 6.15. The molecule has 20 heavy (non-hydrogen) atoms. The molecule has 2 saturated carbocycles. The number of amides is 1. The molecule has 4 heteroatoms. The Morgan fingerprint density at radius 3 is 2.50 bits per heavy atom. The van der Waals surface area contributed by atoms with Crippen molar-refractivity contribution in [2.45, 2.75) is 31.8 Å². The van der Waals surface area contributed by atoms with Crippen molar-refractivity contribution < 1.29 is 4.79 Å². The van der Waals surface area contributed by atoms with Gasteiger partial charge in [-0.05, 0) is 36.7 Å². The summed E-state index contributed by atoms with van der Waals surface area (Å²) in [4.78, 5) is 14.4. The number of halogens is 1. The molecule has 1 aromatic rings. The maximum absolute atomic E-state index is 12.6. The predicted molar refractivity (Wildman–Crippen MR) is 82.5 cm³/mol. The van der Waals surface area contributed by atoms with Crippen molar-refractivity contribution in [3.63, 3.8) is 0 Å². The van der Waals surface area contributed by atoms with Gasteiger partial charge in [0.05, 0.1) is 5.92 Å². The van der Waals surface area contributed by atoms with Gasteiger partial charge >= 0.3 is 0 Å². The largest absolute Gasteiger partial charge is 0.341 e. The van der Waals surface area contributed by atoms with Crippen LogP contribution in [0, 0.1) is 17.8 Å². The topological polar surface area (TPSA) is 46.3 Å². The van der Waals surface area contributed by atoms with Crippen LogP contribution in [0.3, 0.4) is 0 Å². The minimum Gasteiger partial charge on any atom is -0.341 e. The van der Waals surface area contributed by atoms with Gasteiger partial charge in [-0.15, -0.1) is 12.4 Å². The molecule has 2 bridgehead atoms. The van der Waals surface area contributed by atoms with Crippen LogP contribution in [0.1, 0.15) is 24.8 Å². The average molecular weight is 295 g/mol. The third kappa shape index (κ3) is 2.70. The number of fused-ring (bicyclic) bond motifs is 2. The Kier molecular flexibility index (Phi) is 4.71. The van der Waals surface area contributed by atoms with E-state index in [1.807, 2.05) is 30.1 Å². The average Bonchev–Trinajstić information content (AvgIpc) is 3.00. The number of hydrogen-bond donors (Lipinski definition) is 1. The van der Waals surface area contributed by atoms with E-state index in [4.69, 9.17) is 5.73 Å². The van der Waals surface area contributed by atoms with Crippen LogP contribution in [0.15, 0.2) is 30.3 Å². The molecule has 0 aliphatic heterocycles. The molecule has 110 valence electrons. The molecule has 2 aliphatic rings. The monoisotopic (exact) mass is 294 g/mol. The van der Waals surface area contributed by atoms with Crippen LogP contribution in [0.2, 0.25) is 0 Å². The van der Waals surface area contributed by atoms with E-state index in [0.717, 1.165) is 6.42 Å². The van der Waals surface area contributed by atoms with Crippen molar-refractivity contribution in [1.82, 2.24) is 4.90 Å². The lowest BCUT2D eigenvalue weighted by Crippen LogP contribution is -2.45. The summed E-state index contributed by atoms with van der Waals surface area (Å²) in [6, 6.07) is 10.2. The van der Waals surface area contributed by atoms with E-state index in [2.05, 4.69) is 12.1 Å². The SMILES string of the molecule is CN(Cc1ccccc1)C(=O)C1C2CCC(C2)C1N.Cl. The van der Waals surface area contributed by atoms with Gasteiger partial charge in [-0.2, -0.15) is 0 Å². The number of nitrogens with two attached hydrogens (primary N) is 1. The first-order chi connectivity index (χ1) is 9.16. The lowest BCUT2D eigenvalue weighted by atomic mass is 9.84. The Bertz CT molecular complexity index is 463. The molecular formula is C16H23ClN2O. The Morgan fingerprint density at radius 2 is 1.90 bits per heavy atom. The number of hydrogen-bond acceptors (Lipinski definition) is 2. The van der Waals surface area contributed by atoms with E-state index in [0.29, 0.717) is 18.4 Å². The molecule has 0 spiro atoms. The third-order valence-corrected chi connectivity index (χ3v) is 4.90. The highest BCUT2D eigenvalue weighted by Crippen LogP contribution is 2.48. The molecule has 0 aromatic heterocycles. The Labute approximate surface area is 126 Å². The van der Waals surface area contributed by atoms with Crippen LogP contribution in [-0.2, 0) is 11.3 Å². The molecule has 1 amide bonds. The van der Waals surface area contributed by atoms with Gasteiger partial charge in [0.25, 0.3) is 0 Å². The molecule has 1 aromatic carbocycles. The second-order valence-corrected chi connectivity index (χ2v) is 6.12. The summed E-state index contributed by atoms with van der Waals surface area (Å²) in [6.07, 6.45) is 3.57. The van der Waals surface area contributed by atoms with Crippen LogP contribution in [-0.4, -0.2) is 23.9 Å². The number of carbonyl (C=O) groups excluding carboxylic acids is 1. The Hall–Kier alpha value is -1.06. The molecule has 3 nitrogen and oxygen atoms in total. The lowest BCUT2D eigenvalue weighted by molar-refractivity contribution is -0.137. The zero-order chi connectivity index (χ0) is 13.4. The van der Waals surface area contributed by atoms with E-state index < -0.39 is 0 Å². The van der Waals surface area contributed by atoms with Gasteiger partial charge in [0, 0.05) is 19.6 Å². The number of nitrogens with zero attached hydrogens (tertiary/aromatic N) is 1. The zero-order valence-corrected chi connectivity index (χ0v) is 12.7. The fraction of sp³-hybridized carbons (Fsp3) is 0.562. The summed E-state index contributed by atoms with van der Waals surface area (Å²) in [5.41, 5.74) is 7.42. The van der Waals surface area contributed by atoms with Crippen LogP contribution in [0.4, 0.5) is 0 Å². The van der Waals surface area contributed by atoms with Gasteiger partial charge in [-0.1, -0.05) is 30.3 Å². The summed E-state index contributed by atoms with van der Waals surface area (Å²) in [5.74, 6) is 1.42. The number of benzene rings is 1. The van der Waals surface area contributed by atoms with Gasteiger partial charge in [0.2, 0.25) is 5.91 Å². The summed E-state index contributed by atoms with van der Waals surface area (Å²) in [6.45, 7) is 0.681. The number of rotatable bonds is 3. The van der Waals surface area contributed by atoms with Gasteiger partial charge < -0.3 is 10.6 Å². The van der Waals surface area contributed by atoms with Gasteiger partial charge in [0.1, 0.15) is 0 Å².